The van der Waals surface area contributed by atoms with E-state index in [9.17, 15) is 0 Å². The summed E-state index contributed by atoms with van der Waals surface area (Å²) in [5.41, 5.74) is 23.1. The first-order chi connectivity index (χ1) is 28.6. The van der Waals surface area contributed by atoms with Crippen LogP contribution >= 0.6 is 0 Å². The van der Waals surface area contributed by atoms with E-state index in [-0.39, 0.29) is 10.8 Å². The quantitative estimate of drug-likeness (QED) is 0.146. The van der Waals surface area contributed by atoms with Crippen LogP contribution in [0.2, 0.25) is 0 Å². The Balaban J connectivity index is 0.000000175. The van der Waals surface area contributed by atoms with Gasteiger partial charge in [0.2, 0.25) is 0 Å². The Labute approximate surface area is 353 Å². The third-order valence-corrected chi connectivity index (χ3v) is 12.6. The van der Waals surface area contributed by atoms with Gasteiger partial charge in [0.1, 0.15) is 0 Å². The molecule has 8 aromatic rings. The zero-order valence-electron chi connectivity index (χ0n) is 36.2. The molecule has 292 valence electrons. The molecule has 0 fully saturated rings. The summed E-state index contributed by atoms with van der Waals surface area (Å²) in [6, 6.07) is 63.2. The molecule has 0 N–H and O–H groups in total. The van der Waals surface area contributed by atoms with Crippen LogP contribution in [-0.4, -0.2) is 0 Å². The van der Waals surface area contributed by atoms with Crippen molar-refractivity contribution >= 4 is 10.8 Å². The second kappa shape index (κ2) is 15.8. The first-order valence-electron chi connectivity index (χ1n) is 21.4. The number of aryl methyl sites for hydroxylation is 2. The Kier molecular flexibility index (Phi) is 10.6. The SMILES string of the molecule is CC.CC=C(C)C.Cc1ccc2c(c1)C(C)(C)c1ccccc1-2.Cc1ccc2cc(-c3ccc4c(c3)C3(c5ccccc5-c5ccccc53)c3ccccc3-4)ccc2c1. The highest BCUT2D eigenvalue weighted by molar-refractivity contribution is 5.96. The Hall–Kier alpha value is -6.24. The van der Waals surface area contributed by atoms with Gasteiger partial charge >= 0.3 is 0 Å². The zero-order valence-corrected chi connectivity index (χ0v) is 36.2. The Bertz CT molecular complexity index is 2810. The van der Waals surface area contributed by atoms with E-state index in [1.807, 2.05) is 20.8 Å². The molecule has 0 saturated heterocycles. The lowest BCUT2D eigenvalue weighted by Gasteiger charge is -2.30. The van der Waals surface area contributed by atoms with Gasteiger partial charge in [-0.25, -0.2) is 0 Å². The molecular weight excluding hydrogens is 709 g/mol. The Morgan fingerprint density at radius 2 is 0.763 bits per heavy atom. The summed E-state index contributed by atoms with van der Waals surface area (Å²) in [7, 11) is 0. The van der Waals surface area contributed by atoms with E-state index in [4.69, 9.17) is 0 Å². The van der Waals surface area contributed by atoms with Crippen LogP contribution in [0.3, 0.4) is 0 Å². The first kappa shape index (κ1) is 39.6. The van der Waals surface area contributed by atoms with Crippen molar-refractivity contribution in [2.24, 2.45) is 0 Å². The van der Waals surface area contributed by atoms with Crippen LogP contribution in [0, 0.1) is 13.8 Å². The lowest BCUT2D eigenvalue weighted by molar-refractivity contribution is 0.660. The molecular formula is C59H56. The summed E-state index contributed by atoms with van der Waals surface area (Å²) in [6.07, 6.45) is 2.08. The van der Waals surface area contributed by atoms with Crippen LogP contribution in [-0.2, 0) is 10.8 Å². The van der Waals surface area contributed by atoms with Gasteiger partial charge in [-0.2, -0.15) is 0 Å². The van der Waals surface area contributed by atoms with Crippen LogP contribution in [0.4, 0.5) is 0 Å². The van der Waals surface area contributed by atoms with Gasteiger partial charge in [0.25, 0.3) is 0 Å². The molecule has 59 heavy (non-hydrogen) atoms. The average molecular weight is 765 g/mol. The van der Waals surface area contributed by atoms with Crippen molar-refractivity contribution in [1.29, 1.82) is 0 Å². The number of allylic oxidation sites excluding steroid dienone is 2. The second-order valence-corrected chi connectivity index (χ2v) is 16.8. The van der Waals surface area contributed by atoms with E-state index in [0.29, 0.717) is 0 Å². The standard InChI is InChI=1S/C36H24.C16H16.C5H10.C2H6/c1-23-14-15-25-21-26(17-16-24(25)20-23)27-18-19-31-30-10-4-7-13-34(30)36(35(31)22-27)32-11-5-2-8-28(32)29-9-3-6-12-33(29)36;1-11-8-9-13-12-6-4-5-7-14(12)16(2,3)15(13)10-11;1-4-5(2)3;1-2/h2-22H,1H3;4-10H,1-3H3;4H,1-3H3;1-2H3. The molecule has 3 aliphatic rings. The largest absolute Gasteiger partial charge is 0.0890 e. The monoisotopic (exact) mass is 764 g/mol. The molecule has 0 heteroatoms. The minimum atomic E-state index is -0.289. The maximum Gasteiger partial charge on any atom is 0.0725 e. The van der Waals surface area contributed by atoms with Crippen molar-refractivity contribution in [2.75, 3.05) is 0 Å². The van der Waals surface area contributed by atoms with Crippen LogP contribution < -0.4 is 0 Å². The number of fused-ring (bicyclic) bond motifs is 14. The van der Waals surface area contributed by atoms with Crippen molar-refractivity contribution < 1.29 is 0 Å². The molecule has 8 aromatic carbocycles. The molecule has 0 nitrogen and oxygen atoms in total. The molecule has 0 heterocycles. The third-order valence-electron chi connectivity index (χ3n) is 12.6. The molecule has 3 aliphatic carbocycles. The van der Waals surface area contributed by atoms with Gasteiger partial charge in [-0.05, 0) is 135 Å². The maximum atomic E-state index is 2.46. The molecule has 0 amide bonds. The summed E-state index contributed by atoms with van der Waals surface area (Å²) in [5.74, 6) is 0. The topological polar surface area (TPSA) is 0 Å². The van der Waals surface area contributed by atoms with Crippen LogP contribution in [0.1, 0.15) is 93.0 Å². The molecule has 0 bridgehead atoms. The van der Waals surface area contributed by atoms with Gasteiger partial charge in [-0.1, -0.05) is 208 Å². The minimum absolute atomic E-state index is 0.151. The number of benzene rings is 8. The molecule has 11 rings (SSSR count). The van der Waals surface area contributed by atoms with Crippen molar-refractivity contribution in [3.05, 3.63) is 226 Å². The molecule has 1 spiro atoms. The molecule has 0 radical (unpaired) electrons. The van der Waals surface area contributed by atoms with Crippen molar-refractivity contribution in [3.63, 3.8) is 0 Å². The molecule has 0 aromatic heterocycles. The Morgan fingerprint density at radius 3 is 1.32 bits per heavy atom. The predicted octanol–water partition coefficient (Wildman–Crippen LogP) is 16.5. The fourth-order valence-electron chi connectivity index (χ4n) is 9.64. The summed E-state index contributed by atoms with van der Waals surface area (Å²) < 4.78 is 0. The van der Waals surface area contributed by atoms with Gasteiger partial charge in [0, 0.05) is 5.41 Å². The van der Waals surface area contributed by atoms with E-state index in [2.05, 4.69) is 217 Å². The fourth-order valence-corrected chi connectivity index (χ4v) is 9.64. The number of rotatable bonds is 1. The van der Waals surface area contributed by atoms with Crippen molar-refractivity contribution in [3.8, 4) is 44.5 Å². The number of hydrogen-bond acceptors (Lipinski definition) is 0. The van der Waals surface area contributed by atoms with E-state index >= 15 is 0 Å². The summed E-state index contributed by atoms with van der Waals surface area (Å²) in [5, 5.41) is 2.58. The van der Waals surface area contributed by atoms with Gasteiger partial charge < -0.3 is 0 Å². The zero-order chi connectivity index (χ0) is 41.5. The lowest BCUT2D eigenvalue weighted by atomic mass is 9.70. The van der Waals surface area contributed by atoms with Crippen LogP contribution in [0.25, 0.3) is 55.3 Å². The highest BCUT2D eigenvalue weighted by Gasteiger charge is 2.51. The van der Waals surface area contributed by atoms with Crippen LogP contribution in [0.5, 0.6) is 0 Å². The van der Waals surface area contributed by atoms with E-state index in [1.165, 1.54) is 105 Å². The Morgan fingerprint density at radius 1 is 0.390 bits per heavy atom. The smallest absolute Gasteiger partial charge is 0.0725 e. The number of hydrogen-bond donors (Lipinski definition) is 0. The average Bonchev–Trinajstić information content (AvgIpc) is 3.83. The van der Waals surface area contributed by atoms with Gasteiger partial charge in [0.15, 0.2) is 0 Å². The normalized spacial score (nSPS) is 13.4. The van der Waals surface area contributed by atoms with Crippen LogP contribution in [0.15, 0.2) is 182 Å². The highest BCUT2D eigenvalue weighted by atomic mass is 14.5. The van der Waals surface area contributed by atoms with E-state index in [1.54, 1.807) is 0 Å². The summed E-state index contributed by atoms with van der Waals surface area (Å²) >= 11 is 0. The van der Waals surface area contributed by atoms with Gasteiger partial charge in [0.05, 0.1) is 5.41 Å². The third kappa shape index (κ3) is 6.56. The minimum Gasteiger partial charge on any atom is -0.0890 e. The van der Waals surface area contributed by atoms with Crippen molar-refractivity contribution in [2.45, 2.75) is 73.1 Å². The predicted molar refractivity (Wildman–Crippen MR) is 256 cm³/mol. The fraction of sp³-hybridized carbons (Fsp3) is 0.186. The lowest BCUT2D eigenvalue weighted by Crippen LogP contribution is -2.25. The van der Waals surface area contributed by atoms with Gasteiger partial charge in [-0.15, -0.1) is 0 Å². The second-order valence-electron chi connectivity index (χ2n) is 16.8. The summed E-state index contributed by atoms with van der Waals surface area (Å²) in [4.78, 5) is 0. The van der Waals surface area contributed by atoms with Crippen molar-refractivity contribution in [1.82, 2.24) is 0 Å². The molecule has 0 aliphatic heterocycles. The van der Waals surface area contributed by atoms with E-state index < -0.39 is 0 Å². The van der Waals surface area contributed by atoms with Gasteiger partial charge in [-0.3, -0.25) is 0 Å². The first-order valence-corrected chi connectivity index (χ1v) is 21.4. The molecule has 0 unspecified atom stereocenters. The highest BCUT2D eigenvalue weighted by Crippen LogP contribution is 2.63. The molecule has 0 atom stereocenters. The molecule has 0 saturated carbocycles. The maximum absolute atomic E-state index is 2.46. The summed E-state index contributed by atoms with van der Waals surface area (Å²) in [6.45, 7) is 19.2. The van der Waals surface area contributed by atoms with E-state index in [0.717, 1.165) is 0 Å².